The van der Waals surface area contributed by atoms with Crippen LogP contribution in [-0.2, 0) is 4.74 Å². The summed E-state index contributed by atoms with van der Waals surface area (Å²) in [5.74, 6) is 0.956. The summed E-state index contributed by atoms with van der Waals surface area (Å²) in [6.45, 7) is 7.24. The van der Waals surface area contributed by atoms with Gasteiger partial charge >= 0.3 is 6.09 Å². The molecule has 30 heavy (non-hydrogen) atoms. The van der Waals surface area contributed by atoms with Gasteiger partial charge in [0.2, 0.25) is 0 Å². The Hall–Kier alpha value is -3.22. The highest BCUT2D eigenvalue weighted by molar-refractivity contribution is 5.94. The molecule has 1 aliphatic rings. The third kappa shape index (κ3) is 4.67. The molecule has 4 heterocycles. The highest BCUT2D eigenvalue weighted by atomic mass is 16.6. The summed E-state index contributed by atoms with van der Waals surface area (Å²) in [7, 11) is 0. The van der Waals surface area contributed by atoms with Crippen LogP contribution in [0.2, 0.25) is 0 Å². The number of piperidine rings is 1. The number of nitrogens with zero attached hydrogens (tertiary/aromatic N) is 4. The first-order valence-corrected chi connectivity index (χ1v) is 10.3. The molecular weight excluding hydrogens is 378 g/mol. The van der Waals surface area contributed by atoms with Crippen LogP contribution in [0.5, 0.6) is 0 Å². The second-order valence-electron chi connectivity index (χ2n) is 8.57. The molecule has 1 amide bonds. The van der Waals surface area contributed by atoms with E-state index in [-0.39, 0.29) is 12.1 Å². The van der Waals surface area contributed by atoms with E-state index in [4.69, 9.17) is 9.72 Å². The molecule has 156 valence electrons. The number of nitrogens with one attached hydrogen (secondary N) is 1. The van der Waals surface area contributed by atoms with E-state index in [1.165, 1.54) is 0 Å². The fourth-order valence-corrected chi connectivity index (χ4v) is 3.70. The third-order valence-corrected chi connectivity index (χ3v) is 5.10. The van der Waals surface area contributed by atoms with E-state index >= 15 is 0 Å². The number of fused-ring (bicyclic) bond motifs is 1. The Morgan fingerprint density at radius 2 is 1.80 bits per heavy atom. The lowest BCUT2D eigenvalue weighted by Crippen LogP contribution is -2.46. The van der Waals surface area contributed by atoms with Gasteiger partial charge in [-0.25, -0.2) is 9.78 Å². The smallest absolute Gasteiger partial charge is 0.407 e. The molecule has 1 N–H and O–H groups in total. The Bertz CT molecular complexity index is 1020. The SMILES string of the molecule is CC(C)(C)OC(=O)NC1CCN(c2nc(-c3ccncc3)cc3cnccc23)CC1. The highest BCUT2D eigenvalue weighted by Gasteiger charge is 2.25. The monoisotopic (exact) mass is 405 g/mol. The van der Waals surface area contributed by atoms with E-state index in [1.54, 1.807) is 18.6 Å². The van der Waals surface area contributed by atoms with E-state index in [2.05, 4.69) is 26.3 Å². The van der Waals surface area contributed by atoms with E-state index in [0.29, 0.717) is 0 Å². The Morgan fingerprint density at radius 3 is 2.50 bits per heavy atom. The average molecular weight is 406 g/mol. The maximum Gasteiger partial charge on any atom is 0.407 e. The molecule has 7 nitrogen and oxygen atoms in total. The van der Waals surface area contributed by atoms with Gasteiger partial charge in [-0.1, -0.05) is 0 Å². The summed E-state index contributed by atoms with van der Waals surface area (Å²) in [6.07, 6.45) is 8.56. The van der Waals surface area contributed by atoms with Crippen LogP contribution in [-0.4, -0.2) is 45.8 Å². The van der Waals surface area contributed by atoms with E-state index in [1.807, 2.05) is 45.2 Å². The first kappa shape index (κ1) is 20.1. The Kier molecular flexibility index (Phi) is 5.53. The number of carbonyl (C=O) groups is 1. The number of ether oxygens (including phenoxy) is 1. The van der Waals surface area contributed by atoms with Gasteiger partial charge in [0.25, 0.3) is 0 Å². The lowest BCUT2D eigenvalue weighted by molar-refractivity contribution is 0.0497. The predicted octanol–water partition coefficient (Wildman–Crippen LogP) is 4.19. The van der Waals surface area contributed by atoms with Gasteiger partial charge in [0.1, 0.15) is 11.4 Å². The van der Waals surface area contributed by atoms with Crippen molar-refractivity contribution in [3.8, 4) is 11.3 Å². The molecule has 0 aliphatic carbocycles. The first-order valence-electron chi connectivity index (χ1n) is 10.3. The molecule has 1 fully saturated rings. The molecule has 0 unspecified atom stereocenters. The van der Waals surface area contributed by atoms with Crippen LogP contribution in [0.1, 0.15) is 33.6 Å². The fourth-order valence-electron chi connectivity index (χ4n) is 3.70. The van der Waals surface area contributed by atoms with Gasteiger partial charge in [0.15, 0.2) is 0 Å². The maximum atomic E-state index is 12.1. The zero-order chi connectivity index (χ0) is 21.1. The fraction of sp³-hybridized carbons (Fsp3) is 0.391. The summed E-state index contributed by atoms with van der Waals surface area (Å²) in [5.41, 5.74) is 1.44. The van der Waals surface area contributed by atoms with Crippen molar-refractivity contribution in [2.24, 2.45) is 0 Å². The van der Waals surface area contributed by atoms with Crippen LogP contribution in [0.3, 0.4) is 0 Å². The molecule has 0 spiro atoms. The van der Waals surface area contributed by atoms with Gasteiger partial charge in [-0.05, 0) is 57.9 Å². The number of rotatable bonds is 3. The first-order chi connectivity index (χ1) is 14.4. The Labute approximate surface area is 176 Å². The second kappa shape index (κ2) is 8.26. The Balaban J connectivity index is 1.53. The number of aromatic nitrogens is 3. The van der Waals surface area contributed by atoms with Gasteiger partial charge in [-0.2, -0.15) is 0 Å². The number of hydrogen-bond donors (Lipinski definition) is 1. The third-order valence-electron chi connectivity index (χ3n) is 5.10. The normalized spacial score (nSPS) is 15.2. The van der Waals surface area contributed by atoms with Crippen molar-refractivity contribution in [2.75, 3.05) is 18.0 Å². The van der Waals surface area contributed by atoms with E-state index in [9.17, 15) is 4.79 Å². The number of pyridine rings is 3. The summed E-state index contributed by atoms with van der Waals surface area (Å²) in [6, 6.07) is 8.11. The van der Waals surface area contributed by atoms with Gasteiger partial charge in [-0.15, -0.1) is 0 Å². The minimum Gasteiger partial charge on any atom is -0.444 e. The summed E-state index contributed by atoms with van der Waals surface area (Å²) in [4.78, 5) is 27.8. The maximum absolute atomic E-state index is 12.1. The topological polar surface area (TPSA) is 80.2 Å². The molecule has 1 saturated heterocycles. The van der Waals surface area contributed by atoms with Crippen LogP contribution >= 0.6 is 0 Å². The van der Waals surface area contributed by atoms with Crippen LogP contribution in [0.15, 0.2) is 49.1 Å². The van der Waals surface area contributed by atoms with Crippen LogP contribution < -0.4 is 10.2 Å². The number of hydrogen-bond acceptors (Lipinski definition) is 6. The molecule has 4 rings (SSSR count). The number of carbonyl (C=O) groups excluding carboxylic acids is 1. The zero-order valence-electron chi connectivity index (χ0n) is 17.6. The summed E-state index contributed by atoms with van der Waals surface area (Å²) >= 11 is 0. The standard InChI is InChI=1S/C23H27N5O2/c1-23(2,3)30-22(29)26-18-7-12-28(13-8-18)21-19-6-11-25-15-17(19)14-20(27-21)16-4-9-24-10-5-16/h4-6,9-11,14-15,18H,7-8,12-13H2,1-3H3,(H,26,29). The number of alkyl carbamates (subject to hydrolysis) is 1. The second-order valence-corrected chi connectivity index (χ2v) is 8.57. The quantitative estimate of drug-likeness (QED) is 0.704. The number of amides is 1. The minimum absolute atomic E-state index is 0.104. The summed E-state index contributed by atoms with van der Waals surface area (Å²) in [5, 5.41) is 5.14. The van der Waals surface area contributed by atoms with Crippen molar-refractivity contribution in [1.82, 2.24) is 20.3 Å². The number of anilines is 1. The molecule has 7 heteroatoms. The van der Waals surface area contributed by atoms with Gasteiger partial charge in [0, 0.05) is 60.3 Å². The van der Waals surface area contributed by atoms with Crippen molar-refractivity contribution in [1.29, 1.82) is 0 Å². The van der Waals surface area contributed by atoms with Crippen molar-refractivity contribution in [2.45, 2.75) is 45.3 Å². The van der Waals surface area contributed by atoms with Gasteiger partial charge in [0.05, 0.1) is 5.69 Å². The average Bonchev–Trinajstić information content (AvgIpc) is 2.73. The Morgan fingerprint density at radius 1 is 1.10 bits per heavy atom. The highest BCUT2D eigenvalue weighted by Crippen LogP contribution is 2.31. The van der Waals surface area contributed by atoms with E-state index < -0.39 is 5.60 Å². The molecule has 3 aromatic rings. The molecule has 1 aliphatic heterocycles. The molecule has 0 aromatic carbocycles. The lowest BCUT2D eigenvalue weighted by atomic mass is 10.0. The van der Waals surface area contributed by atoms with Crippen LogP contribution in [0, 0.1) is 0 Å². The van der Waals surface area contributed by atoms with Crippen LogP contribution in [0.4, 0.5) is 10.6 Å². The van der Waals surface area contributed by atoms with Crippen molar-refractivity contribution in [3.05, 3.63) is 49.1 Å². The zero-order valence-corrected chi connectivity index (χ0v) is 17.6. The predicted molar refractivity (Wildman–Crippen MR) is 117 cm³/mol. The molecule has 0 radical (unpaired) electrons. The molecule has 0 bridgehead atoms. The summed E-state index contributed by atoms with van der Waals surface area (Å²) < 4.78 is 5.39. The molecule has 0 saturated carbocycles. The molecular formula is C23H27N5O2. The molecule has 3 aromatic heterocycles. The van der Waals surface area contributed by atoms with E-state index in [0.717, 1.165) is 53.8 Å². The molecule has 0 atom stereocenters. The van der Waals surface area contributed by atoms with Crippen molar-refractivity contribution < 1.29 is 9.53 Å². The minimum atomic E-state index is -0.491. The van der Waals surface area contributed by atoms with Crippen molar-refractivity contribution >= 4 is 22.7 Å². The van der Waals surface area contributed by atoms with Crippen molar-refractivity contribution in [3.63, 3.8) is 0 Å². The van der Waals surface area contributed by atoms with Crippen LogP contribution in [0.25, 0.3) is 22.0 Å². The lowest BCUT2D eigenvalue weighted by Gasteiger charge is -2.34. The largest absolute Gasteiger partial charge is 0.444 e. The van der Waals surface area contributed by atoms with Gasteiger partial charge < -0.3 is 15.0 Å². The van der Waals surface area contributed by atoms with Gasteiger partial charge in [-0.3, -0.25) is 9.97 Å².